The molecule has 3 aromatic rings. The van der Waals surface area contributed by atoms with E-state index in [0.717, 1.165) is 0 Å². The summed E-state index contributed by atoms with van der Waals surface area (Å²) in [4.78, 5) is 26.6. The van der Waals surface area contributed by atoms with E-state index in [0.29, 0.717) is 11.3 Å². The molecule has 0 fully saturated rings. The van der Waals surface area contributed by atoms with Gasteiger partial charge in [0.05, 0.1) is 0 Å². The lowest BCUT2D eigenvalue weighted by Crippen LogP contribution is -2.23. The molecular weight excluding hydrogens is 323 g/mol. The second-order valence-corrected chi connectivity index (χ2v) is 5.45. The number of carbonyl (C=O) groups is 1. The van der Waals surface area contributed by atoms with Crippen molar-refractivity contribution in [2.75, 3.05) is 0 Å². The summed E-state index contributed by atoms with van der Waals surface area (Å²) >= 11 is 5.90. The molecule has 118 valence electrons. The van der Waals surface area contributed by atoms with Crippen LogP contribution in [0.3, 0.4) is 0 Å². The van der Waals surface area contributed by atoms with Crippen LogP contribution in [0.4, 0.5) is 4.39 Å². The molecule has 2 heterocycles. The Morgan fingerprint density at radius 1 is 1.43 bits per heavy atom. The minimum absolute atomic E-state index is 0.110. The number of nitrogens with one attached hydrogen (secondary N) is 2. The van der Waals surface area contributed by atoms with Gasteiger partial charge in [0.15, 0.2) is 5.69 Å². The maximum atomic E-state index is 13.0. The third-order valence-corrected chi connectivity index (χ3v) is 3.63. The topological polar surface area (TPSA) is 79.3 Å². The van der Waals surface area contributed by atoms with Gasteiger partial charge >= 0.3 is 0 Å². The molecule has 0 unspecified atom stereocenters. The van der Waals surface area contributed by atoms with Gasteiger partial charge in [-0.2, -0.15) is 5.10 Å². The Morgan fingerprint density at radius 2 is 2.22 bits per heavy atom. The van der Waals surface area contributed by atoms with Crippen LogP contribution in [0, 0.1) is 12.7 Å². The largest absolute Gasteiger partial charge is 0.347 e. The lowest BCUT2D eigenvalue weighted by molar-refractivity contribution is 0.0945. The number of aromatic nitrogens is 3. The van der Waals surface area contributed by atoms with E-state index < -0.39 is 11.7 Å². The molecule has 8 heteroatoms. The monoisotopic (exact) mass is 334 g/mol. The molecule has 0 aliphatic carbocycles. The van der Waals surface area contributed by atoms with Crippen molar-refractivity contribution in [2.45, 2.75) is 13.5 Å². The van der Waals surface area contributed by atoms with Crippen LogP contribution in [0.5, 0.6) is 0 Å². The Bertz CT molecular complexity index is 964. The summed E-state index contributed by atoms with van der Waals surface area (Å²) in [5.74, 6) is -0.897. The van der Waals surface area contributed by atoms with Gasteiger partial charge in [0.1, 0.15) is 11.3 Å². The number of H-pyrrole nitrogens is 1. The van der Waals surface area contributed by atoms with E-state index in [-0.39, 0.29) is 28.3 Å². The van der Waals surface area contributed by atoms with E-state index in [1.165, 1.54) is 28.8 Å². The highest BCUT2D eigenvalue weighted by molar-refractivity contribution is 6.31. The number of hydrogen-bond acceptors (Lipinski definition) is 3. The third kappa shape index (κ3) is 3.09. The molecule has 0 radical (unpaired) electrons. The van der Waals surface area contributed by atoms with Gasteiger partial charge in [0.25, 0.3) is 11.5 Å². The van der Waals surface area contributed by atoms with Crippen molar-refractivity contribution in [1.82, 2.24) is 19.9 Å². The number of amides is 1. The number of aryl methyl sites for hydroxylation is 1. The summed E-state index contributed by atoms with van der Waals surface area (Å²) in [6.45, 7) is 1.85. The first kappa shape index (κ1) is 15.2. The Morgan fingerprint density at radius 3 is 2.96 bits per heavy atom. The van der Waals surface area contributed by atoms with E-state index in [1.807, 2.05) is 0 Å². The maximum absolute atomic E-state index is 13.0. The SMILES string of the molecule is Cc1cn2nc(C(=O)NCc3ccc(F)cc3Cl)cc2c(=O)[nH]1. The van der Waals surface area contributed by atoms with Crippen molar-refractivity contribution in [3.63, 3.8) is 0 Å². The number of benzene rings is 1. The molecule has 1 amide bonds. The summed E-state index contributed by atoms with van der Waals surface area (Å²) < 4.78 is 14.3. The van der Waals surface area contributed by atoms with Crippen molar-refractivity contribution < 1.29 is 9.18 Å². The number of fused-ring (bicyclic) bond motifs is 1. The predicted molar refractivity (Wildman–Crippen MR) is 83.1 cm³/mol. The van der Waals surface area contributed by atoms with Crippen LogP contribution in [-0.2, 0) is 6.54 Å². The van der Waals surface area contributed by atoms with E-state index in [1.54, 1.807) is 13.1 Å². The van der Waals surface area contributed by atoms with Gasteiger partial charge in [-0.25, -0.2) is 8.91 Å². The maximum Gasteiger partial charge on any atom is 0.274 e. The average Bonchev–Trinajstić information content (AvgIpc) is 2.90. The molecule has 3 rings (SSSR count). The fraction of sp³-hybridized carbons (Fsp3) is 0.133. The van der Waals surface area contributed by atoms with Crippen LogP contribution in [0.1, 0.15) is 21.7 Å². The van der Waals surface area contributed by atoms with Gasteiger partial charge in [0.2, 0.25) is 0 Å². The lowest BCUT2D eigenvalue weighted by atomic mass is 10.2. The molecular formula is C15H12ClFN4O2. The number of nitrogens with zero attached hydrogens (tertiary/aromatic N) is 2. The second kappa shape index (κ2) is 5.85. The number of aromatic amines is 1. The highest BCUT2D eigenvalue weighted by atomic mass is 35.5. The normalized spacial score (nSPS) is 10.9. The molecule has 0 saturated carbocycles. The quantitative estimate of drug-likeness (QED) is 0.769. The molecule has 23 heavy (non-hydrogen) atoms. The van der Waals surface area contributed by atoms with Gasteiger partial charge in [-0.3, -0.25) is 9.59 Å². The molecule has 1 aromatic carbocycles. The molecule has 0 aliphatic rings. The first-order valence-electron chi connectivity index (χ1n) is 6.75. The number of halogens is 2. The molecule has 0 saturated heterocycles. The molecule has 2 N–H and O–H groups in total. The lowest BCUT2D eigenvalue weighted by Gasteiger charge is -2.05. The number of carbonyl (C=O) groups excluding carboxylic acids is 1. The van der Waals surface area contributed by atoms with E-state index >= 15 is 0 Å². The van der Waals surface area contributed by atoms with Crippen molar-refractivity contribution in [2.24, 2.45) is 0 Å². The van der Waals surface area contributed by atoms with Crippen LogP contribution in [0.15, 0.2) is 35.3 Å². The molecule has 0 atom stereocenters. The van der Waals surface area contributed by atoms with Gasteiger partial charge in [-0.1, -0.05) is 17.7 Å². The average molecular weight is 335 g/mol. The highest BCUT2D eigenvalue weighted by Gasteiger charge is 2.13. The van der Waals surface area contributed by atoms with Gasteiger partial charge < -0.3 is 10.3 Å². The summed E-state index contributed by atoms with van der Waals surface area (Å²) in [6.07, 6.45) is 1.62. The molecule has 0 bridgehead atoms. The van der Waals surface area contributed by atoms with Gasteiger partial charge in [-0.15, -0.1) is 0 Å². The summed E-state index contributed by atoms with van der Waals surface area (Å²) in [7, 11) is 0. The molecule has 2 aromatic heterocycles. The number of rotatable bonds is 3. The van der Waals surface area contributed by atoms with Crippen LogP contribution >= 0.6 is 11.6 Å². The Labute approximate surface area is 134 Å². The van der Waals surface area contributed by atoms with E-state index in [2.05, 4.69) is 15.4 Å². The third-order valence-electron chi connectivity index (χ3n) is 3.28. The Hall–Kier alpha value is -2.67. The zero-order valence-electron chi connectivity index (χ0n) is 12.1. The first-order valence-corrected chi connectivity index (χ1v) is 7.13. The van der Waals surface area contributed by atoms with Crippen LogP contribution < -0.4 is 10.9 Å². The summed E-state index contributed by atoms with van der Waals surface area (Å²) in [5, 5.41) is 6.94. The Balaban J connectivity index is 1.81. The van der Waals surface area contributed by atoms with E-state index in [9.17, 15) is 14.0 Å². The smallest absolute Gasteiger partial charge is 0.274 e. The van der Waals surface area contributed by atoms with Crippen LogP contribution in [0.25, 0.3) is 5.52 Å². The molecule has 0 aliphatic heterocycles. The van der Waals surface area contributed by atoms with Crippen LogP contribution in [0.2, 0.25) is 5.02 Å². The predicted octanol–water partition coefficient (Wildman–Crippen LogP) is 2.05. The molecule has 6 nitrogen and oxygen atoms in total. The van der Waals surface area contributed by atoms with E-state index in [4.69, 9.17) is 11.6 Å². The zero-order valence-corrected chi connectivity index (χ0v) is 12.8. The van der Waals surface area contributed by atoms with Crippen LogP contribution in [-0.4, -0.2) is 20.5 Å². The standard InChI is InChI=1S/C15H12ClFN4O2/c1-8-7-21-13(15(23)19-8)5-12(20-21)14(22)18-6-9-2-3-10(17)4-11(9)16/h2-5,7H,6H2,1H3,(H,18,22)(H,19,23). The highest BCUT2D eigenvalue weighted by Crippen LogP contribution is 2.17. The minimum Gasteiger partial charge on any atom is -0.347 e. The fourth-order valence-corrected chi connectivity index (χ4v) is 2.40. The van der Waals surface area contributed by atoms with Crippen molar-refractivity contribution in [1.29, 1.82) is 0 Å². The first-order chi connectivity index (χ1) is 10.9. The molecule has 0 spiro atoms. The summed E-state index contributed by atoms with van der Waals surface area (Å²) in [6, 6.07) is 5.34. The van der Waals surface area contributed by atoms with Crippen molar-refractivity contribution in [3.05, 3.63) is 68.6 Å². The zero-order chi connectivity index (χ0) is 16.6. The Kier molecular flexibility index (Phi) is 3.87. The minimum atomic E-state index is -0.453. The fourth-order valence-electron chi connectivity index (χ4n) is 2.16. The van der Waals surface area contributed by atoms with Crippen molar-refractivity contribution >= 4 is 23.0 Å². The number of hydrogen-bond donors (Lipinski definition) is 2. The van der Waals surface area contributed by atoms with Gasteiger partial charge in [-0.05, 0) is 24.6 Å². The second-order valence-electron chi connectivity index (χ2n) is 5.04. The summed E-state index contributed by atoms with van der Waals surface area (Å²) in [5.41, 5.74) is 1.28. The van der Waals surface area contributed by atoms with Gasteiger partial charge in [0, 0.05) is 29.5 Å². The van der Waals surface area contributed by atoms with Crippen molar-refractivity contribution in [3.8, 4) is 0 Å².